The molecular formula is C13H19N3O3S2. The zero-order valence-corrected chi connectivity index (χ0v) is 13.6. The number of nitrogens with zero attached hydrogens (tertiary/aromatic N) is 3. The van der Waals surface area contributed by atoms with Gasteiger partial charge in [0.15, 0.2) is 0 Å². The van der Waals surface area contributed by atoms with Crippen LogP contribution in [0.15, 0.2) is 21.7 Å². The molecule has 3 heterocycles. The number of carbonyl (C=O) groups is 1. The zero-order valence-electron chi connectivity index (χ0n) is 11.9. The minimum atomic E-state index is -3.36. The van der Waals surface area contributed by atoms with Crippen molar-refractivity contribution in [2.75, 3.05) is 39.8 Å². The van der Waals surface area contributed by atoms with Crippen molar-refractivity contribution in [3.05, 3.63) is 17.5 Å². The van der Waals surface area contributed by atoms with Gasteiger partial charge in [-0.3, -0.25) is 9.69 Å². The monoisotopic (exact) mass is 329 g/mol. The molecule has 2 aliphatic rings. The number of likely N-dealkylation sites (N-methyl/N-ethyl adjacent to an activating group) is 1. The second-order valence-electron chi connectivity index (χ2n) is 5.44. The Bertz CT molecular complexity index is 607. The van der Waals surface area contributed by atoms with E-state index >= 15 is 0 Å². The van der Waals surface area contributed by atoms with Crippen molar-refractivity contribution in [3.63, 3.8) is 0 Å². The molecule has 1 amide bonds. The molecule has 1 aromatic rings. The van der Waals surface area contributed by atoms with Gasteiger partial charge in [-0.25, -0.2) is 8.42 Å². The van der Waals surface area contributed by atoms with Gasteiger partial charge in [0.1, 0.15) is 4.21 Å². The van der Waals surface area contributed by atoms with Gasteiger partial charge in [0, 0.05) is 39.8 Å². The Kier molecular flexibility index (Phi) is 4.04. The van der Waals surface area contributed by atoms with E-state index in [1.807, 2.05) is 7.05 Å². The maximum atomic E-state index is 12.4. The normalized spacial score (nSPS) is 25.7. The summed E-state index contributed by atoms with van der Waals surface area (Å²) in [5.74, 6) is 0.157. The number of likely N-dealkylation sites (tertiary alicyclic amines) is 1. The van der Waals surface area contributed by atoms with Gasteiger partial charge in [0.2, 0.25) is 5.91 Å². The van der Waals surface area contributed by atoms with Gasteiger partial charge in [0.05, 0.1) is 6.04 Å². The van der Waals surface area contributed by atoms with E-state index in [1.165, 1.54) is 15.6 Å². The highest BCUT2D eigenvalue weighted by atomic mass is 32.2. The van der Waals surface area contributed by atoms with Crippen LogP contribution < -0.4 is 0 Å². The number of amides is 1. The van der Waals surface area contributed by atoms with Crippen LogP contribution in [0, 0.1) is 0 Å². The molecule has 0 bridgehead atoms. The fourth-order valence-electron chi connectivity index (χ4n) is 2.94. The Morgan fingerprint density at radius 2 is 1.90 bits per heavy atom. The topological polar surface area (TPSA) is 60.9 Å². The summed E-state index contributed by atoms with van der Waals surface area (Å²) in [6.07, 6.45) is 0.840. The van der Waals surface area contributed by atoms with Gasteiger partial charge in [-0.1, -0.05) is 6.07 Å². The third-order valence-electron chi connectivity index (χ3n) is 4.20. The van der Waals surface area contributed by atoms with Gasteiger partial charge in [-0.05, 0) is 17.9 Å². The Morgan fingerprint density at radius 3 is 2.43 bits per heavy atom. The minimum Gasteiger partial charge on any atom is -0.344 e. The molecule has 1 unspecified atom stereocenters. The average Bonchev–Trinajstić information content (AvgIpc) is 3.11. The lowest BCUT2D eigenvalue weighted by Gasteiger charge is -2.36. The van der Waals surface area contributed by atoms with Crippen LogP contribution in [0.2, 0.25) is 0 Å². The van der Waals surface area contributed by atoms with Crippen LogP contribution in [0.1, 0.15) is 6.42 Å². The Balaban J connectivity index is 1.65. The van der Waals surface area contributed by atoms with E-state index in [2.05, 4.69) is 4.90 Å². The molecule has 2 saturated heterocycles. The van der Waals surface area contributed by atoms with Crippen molar-refractivity contribution in [2.24, 2.45) is 0 Å². The minimum absolute atomic E-state index is 0.0680. The van der Waals surface area contributed by atoms with Crippen molar-refractivity contribution < 1.29 is 13.2 Å². The Hall–Kier alpha value is -0.960. The number of hydrogen-bond donors (Lipinski definition) is 0. The Morgan fingerprint density at radius 1 is 1.19 bits per heavy atom. The molecule has 8 heteroatoms. The lowest BCUT2D eigenvalue weighted by atomic mass is 10.2. The standard InChI is InChI=1S/C13H19N3O3S2/c1-14-5-4-11(13(14)17)15-6-8-16(9-7-15)21(18,19)12-3-2-10-20-12/h2-3,10-11H,4-9H2,1H3. The number of carbonyl (C=O) groups excluding carboxylic acids is 1. The van der Waals surface area contributed by atoms with Crippen molar-refractivity contribution in [3.8, 4) is 0 Å². The first-order valence-corrected chi connectivity index (χ1v) is 9.35. The van der Waals surface area contributed by atoms with Crippen LogP contribution in [0.4, 0.5) is 0 Å². The maximum Gasteiger partial charge on any atom is 0.252 e. The van der Waals surface area contributed by atoms with Crippen LogP contribution in [-0.4, -0.2) is 74.2 Å². The van der Waals surface area contributed by atoms with Gasteiger partial charge in [0.25, 0.3) is 10.0 Å². The molecule has 2 aliphatic heterocycles. The molecule has 0 spiro atoms. The fourth-order valence-corrected chi connectivity index (χ4v) is 5.50. The van der Waals surface area contributed by atoms with Crippen LogP contribution in [-0.2, 0) is 14.8 Å². The number of sulfonamides is 1. The second-order valence-corrected chi connectivity index (χ2v) is 8.55. The van der Waals surface area contributed by atoms with Crippen LogP contribution in [0.25, 0.3) is 0 Å². The first kappa shape index (κ1) is 15.0. The molecule has 0 saturated carbocycles. The molecule has 0 aromatic carbocycles. The molecule has 0 aliphatic carbocycles. The smallest absolute Gasteiger partial charge is 0.252 e. The summed E-state index contributed by atoms with van der Waals surface area (Å²) in [5.41, 5.74) is 0. The summed E-state index contributed by atoms with van der Waals surface area (Å²) in [4.78, 5) is 15.9. The van der Waals surface area contributed by atoms with E-state index < -0.39 is 10.0 Å². The molecular weight excluding hydrogens is 310 g/mol. The largest absolute Gasteiger partial charge is 0.344 e. The predicted molar refractivity (Wildman–Crippen MR) is 80.7 cm³/mol. The van der Waals surface area contributed by atoms with E-state index in [0.717, 1.165) is 13.0 Å². The molecule has 2 fully saturated rings. The summed E-state index contributed by atoms with van der Waals surface area (Å²) in [6.45, 7) is 2.93. The molecule has 1 atom stereocenters. The van der Waals surface area contributed by atoms with Gasteiger partial charge < -0.3 is 4.90 Å². The fraction of sp³-hybridized carbons (Fsp3) is 0.615. The predicted octanol–water partition coefficient (Wildman–Crippen LogP) is 0.285. The number of piperazine rings is 1. The van der Waals surface area contributed by atoms with Crippen molar-refractivity contribution >= 4 is 27.3 Å². The van der Waals surface area contributed by atoms with Crippen molar-refractivity contribution in [1.82, 2.24) is 14.1 Å². The SMILES string of the molecule is CN1CCC(N2CCN(S(=O)(=O)c3cccs3)CC2)C1=O. The average molecular weight is 329 g/mol. The molecule has 0 radical (unpaired) electrons. The summed E-state index contributed by atoms with van der Waals surface area (Å²) in [7, 11) is -1.54. The van der Waals surface area contributed by atoms with E-state index in [-0.39, 0.29) is 11.9 Å². The highest BCUT2D eigenvalue weighted by molar-refractivity contribution is 7.91. The quantitative estimate of drug-likeness (QED) is 0.799. The van der Waals surface area contributed by atoms with Gasteiger partial charge in [-0.2, -0.15) is 4.31 Å². The lowest BCUT2D eigenvalue weighted by Crippen LogP contribution is -2.53. The summed E-state index contributed by atoms with van der Waals surface area (Å²) < 4.78 is 26.8. The molecule has 21 heavy (non-hydrogen) atoms. The lowest BCUT2D eigenvalue weighted by molar-refractivity contribution is -0.131. The van der Waals surface area contributed by atoms with Crippen molar-refractivity contribution in [2.45, 2.75) is 16.7 Å². The highest BCUT2D eigenvalue weighted by Crippen LogP contribution is 2.24. The molecule has 0 N–H and O–H groups in total. The number of rotatable bonds is 3. The van der Waals surface area contributed by atoms with E-state index in [9.17, 15) is 13.2 Å². The maximum absolute atomic E-state index is 12.4. The van der Waals surface area contributed by atoms with Crippen LogP contribution in [0.3, 0.4) is 0 Å². The number of hydrogen-bond acceptors (Lipinski definition) is 5. The molecule has 3 rings (SSSR count). The molecule has 6 nitrogen and oxygen atoms in total. The third-order valence-corrected chi connectivity index (χ3v) is 7.47. The van der Waals surface area contributed by atoms with Crippen molar-refractivity contribution in [1.29, 1.82) is 0 Å². The molecule has 1 aromatic heterocycles. The van der Waals surface area contributed by atoms with E-state index in [1.54, 1.807) is 22.4 Å². The summed E-state index contributed by atoms with van der Waals surface area (Å²) >= 11 is 1.25. The zero-order chi connectivity index (χ0) is 15.0. The second kappa shape index (κ2) is 5.68. The van der Waals surface area contributed by atoms with E-state index in [4.69, 9.17) is 0 Å². The first-order valence-electron chi connectivity index (χ1n) is 7.03. The van der Waals surface area contributed by atoms with Crippen LogP contribution >= 0.6 is 11.3 Å². The summed E-state index contributed by atoms with van der Waals surface area (Å²) in [5, 5.41) is 1.77. The Labute approximate surface area is 129 Å². The highest BCUT2D eigenvalue weighted by Gasteiger charge is 2.37. The van der Waals surface area contributed by atoms with E-state index in [0.29, 0.717) is 30.4 Å². The number of thiophene rings is 1. The first-order chi connectivity index (χ1) is 10.00. The molecule has 116 valence electrons. The van der Waals surface area contributed by atoms with Gasteiger partial charge in [-0.15, -0.1) is 11.3 Å². The van der Waals surface area contributed by atoms with Crippen LogP contribution in [0.5, 0.6) is 0 Å². The van der Waals surface area contributed by atoms with Gasteiger partial charge >= 0.3 is 0 Å². The summed E-state index contributed by atoms with van der Waals surface area (Å²) in [6, 6.07) is 3.32. The third kappa shape index (κ3) is 2.73.